The molecule has 1 heterocycles. The summed E-state index contributed by atoms with van der Waals surface area (Å²) in [5, 5.41) is 0. The lowest BCUT2D eigenvalue weighted by atomic mass is 9.99. The van der Waals surface area contributed by atoms with Gasteiger partial charge in [0.1, 0.15) is 5.76 Å². The number of aryl methyl sites for hydroxylation is 1. The zero-order valence-corrected chi connectivity index (χ0v) is 11.8. The molecule has 1 atom stereocenters. The average molecular weight is 272 g/mol. The van der Waals surface area contributed by atoms with E-state index in [2.05, 4.69) is 6.92 Å². The second-order valence-corrected chi connectivity index (χ2v) is 5.35. The van der Waals surface area contributed by atoms with Gasteiger partial charge in [0, 0.05) is 11.1 Å². The van der Waals surface area contributed by atoms with Crippen LogP contribution in [-0.2, 0) is 11.2 Å². The molecule has 0 spiro atoms. The van der Waals surface area contributed by atoms with Crippen LogP contribution >= 0.6 is 0 Å². The Hall–Kier alpha value is -2.10. The number of esters is 1. The van der Waals surface area contributed by atoms with E-state index < -0.39 is 11.6 Å². The Morgan fingerprint density at radius 2 is 2.15 bits per heavy atom. The molecule has 4 heteroatoms. The summed E-state index contributed by atoms with van der Waals surface area (Å²) >= 11 is 0. The van der Waals surface area contributed by atoms with Crippen LogP contribution in [0.4, 0.5) is 0 Å². The number of rotatable bonds is 1. The van der Waals surface area contributed by atoms with Gasteiger partial charge in [0.15, 0.2) is 5.56 Å². The van der Waals surface area contributed by atoms with Crippen molar-refractivity contribution >= 4 is 5.97 Å². The predicted octanol–water partition coefficient (Wildman–Crippen LogP) is 2.89. The highest BCUT2D eigenvalue weighted by atomic mass is 16.5. The molecule has 3 rings (SSSR count). The highest BCUT2D eigenvalue weighted by Gasteiger charge is 2.31. The van der Waals surface area contributed by atoms with Crippen molar-refractivity contribution in [2.75, 3.05) is 7.11 Å². The third kappa shape index (κ3) is 1.68. The third-order valence-electron chi connectivity index (χ3n) is 4.17. The zero-order valence-electron chi connectivity index (χ0n) is 11.8. The standard InChI is InChI=1S/C16H16O4/c1-8-4-7-11-13(15(17)19-3)16(18)20-14(11)12-9(2)5-6-10(8)12/h4,7,9H,5-6H2,1-3H3. The molecule has 0 aromatic heterocycles. The van der Waals surface area contributed by atoms with Crippen LogP contribution in [0.1, 0.15) is 46.3 Å². The first-order valence-corrected chi connectivity index (χ1v) is 6.72. The van der Waals surface area contributed by atoms with Crippen molar-refractivity contribution in [1.82, 2.24) is 0 Å². The van der Waals surface area contributed by atoms with Crippen LogP contribution in [0.2, 0.25) is 0 Å². The van der Waals surface area contributed by atoms with E-state index in [1.165, 1.54) is 18.2 Å². The van der Waals surface area contributed by atoms with Gasteiger partial charge in [-0.2, -0.15) is 0 Å². The van der Waals surface area contributed by atoms with Gasteiger partial charge < -0.3 is 9.15 Å². The molecule has 104 valence electrons. The van der Waals surface area contributed by atoms with Crippen molar-refractivity contribution in [2.45, 2.75) is 32.6 Å². The molecule has 1 aliphatic heterocycles. The van der Waals surface area contributed by atoms with Crippen LogP contribution in [0.25, 0.3) is 11.3 Å². The molecule has 0 saturated carbocycles. The van der Waals surface area contributed by atoms with E-state index in [0.29, 0.717) is 17.2 Å². The Morgan fingerprint density at radius 3 is 2.85 bits per heavy atom. The topological polar surface area (TPSA) is 56.5 Å². The smallest absolute Gasteiger partial charge is 0.351 e. The minimum absolute atomic E-state index is 0.000556. The first kappa shape index (κ1) is 12.9. The first-order chi connectivity index (χ1) is 9.54. The predicted molar refractivity (Wildman–Crippen MR) is 74.4 cm³/mol. The van der Waals surface area contributed by atoms with Gasteiger partial charge in [0.05, 0.1) is 7.11 Å². The quantitative estimate of drug-likeness (QED) is 0.749. The van der Waals surface area contributed by atoms with Crippen molar-refractivity contribution in [3.63, 3.8) is 0 Å². The fourth-order valence-electron chi connectivity index (χ4n) is 3.09. The van der Waals surface area contributed by atoms with E-state index in [9.17, 15) is 9.59 Å². The molecule has 0 bridgehead atoms. The maximum absolute atomic E-state index is 12.0. The molecule has 0 radical (unpaired) electrons. The van der Waals surface area contributed by atoms with Gasteiger partial charge in [-0.25, -0.2) is 9.59 Å². The number of fused-ring (bicyclic) bond motifs is 3. The van der Waals surface area contributed by atoms with Gasteiger partial charge in [-0.1, -0.05) is 13.0 Å². The lowest BCUT2D eigenvalue weighted by Crippen LogP contribution is -2.11. The van der Waals surface area contributed by atoms with E-state index in [1.807, 2.05) is 13.0 Å². The summed E-state index contributed by atoms with van der Waals surface area (Å²) in [6.07, 6.45) is 2.02. The molecule has 0 saturated heterocycles. The van der Waals surface area contributed by atoms with Gasteiger partial charge in [-0.05, 0) is 42.9 Å². The number of methoxy groups -OCH3 is 1. The molecule has 0 N–H and O–H groups in total. The molecule has 20 heavy (non-hydrogen) atoms. The minimum Gasteiger partial charge on any atom is -0.465 e. The molecule has 3 aliphatic rings. The number of hydrogen-bond donors (Lipinski definition) is 0. The van der Waals surface area contributed by atoms with Crippen LogP contribution < -0.4 is 5.63 Å². The maximum atomic E-state index is 12.0. The highest BCUT2D eigenvalue weighted by molar-refractivity contribution is 5.97. The molecule has 0 fully saturated rings. The van der Waals surface area contributed by atoms with E-state index in [-0.39, 0.29) is 5.56 Å². The number of furan rings is 1. The lowest BCUT2D eigenvalue weighted by Gasteiger charge is -2.05. The third-order valence-corrected chi connectivity index (χ3v) is 4.17. The van der Waals surface area contributed by atoms with E-state index in [4.69, 9.17) is 9.15 Å². The summed E-state index contributed by atoms with van der Waals surface area (Å²) in [6, 6.07) is 3.73. The summed E-state index contributed by atoms with van der Waals surface area (Å²) < 4.78 is 10.1. The number of ether oxygens (including phenoxy) is 1. The van der Waals surface area contributed by atoms with Crippen LogP contribution in [0, 0.1) is 6.92 Å². The van der Waals surface area contributed by atoms with Crippen LogP contribution in [0.5, 0.6) is 0 Å². The van der Waals surface area contributed by atoms with Crippen molar-refractivity contribution in [1.29, 1.82) is 0 Å². The molecule has 1 unspecified atom stereocenters. The average Bonchev–Trinajstić information content (AvgIpc) is 2.91. The molecule has 4 nitrogen and oxygen atoms in total. The van der Waals surface area contributed by atoms with Crippen LogP contribution in [0.15, 0.2) is 21.3 Å². The van der Waals surface area contributed by atoms with Crippen molar-refractivity contribution < 1.29 is 13.9 Å². The summed E-state index contributed by atoms with van der Waals surface area (Å²) in [5.74, 6) is 0.232. The highest BCUT2D eigenvalue weighted by Crippen LogP contribution is 2.42. The Bertz CT molecular complexity index is 726. The molecular weight excluding hydrogens is 256 g/mol. The zero-order chi connectivity index (χ0) is 14.4. The first-order valence-electron chi connectivity index (χ1n) is 6.72. The van der Waals surface area contributed by atoms with Gasteiger partial charge in [-0.15, -0.1) is 0 Å². The monoisotopic (exact) mass is 272 g/mol. The molecule has 2 aliphatic carbocycles. The summed E-state index contributed by atoms with van der Waals surface area (Å²) in [7, 11) is 1.27. The van der Waals surface area contributed by atoms with Crippen LogP contribution in [-0.4, -0.2) is 13.1 Å². The molecule has 0 aromatic rings. The normalized spacial score (nSPS) is 17.2. The molecule has 0 aromatic carbocycles. The second-order valence-electron chi connectivity index (χ2n) is 5.35. The van der Waals surface area contributed by atoms with Crippen molar-refractivity contribution in [2.24, 2.45) is 0 Å². The van der Waals surface area contributed by atoms with Crippen molar-refractivity contribution in [3.8, 4) is 11.3 Å². The van der Waals surface area contributed by atoms with E-state index in [0.717, 1.165) is 18.4 Å². The fraction of sp³-hybridized carbons (Fsp3) is 0.375. The molecule has 0 amide bonds. The van der Waals surface area contributed by atoms with Gasteiger partial charge in [0.2, 0.25) is 0 Å². The number of carbonyl (C=O) groups is 1. The summed E-state index contributed by atoms with van der Waals surface area (Å²) in [4.78, 5) is 23.8. The Balaban J connectivity index is 2.38. The maximum Gasteiger partial charge on any atom is 0.351 e. The lowest BCUT2D eigenvalue weighted by molar-refractivity contribution is 0.0599. The fourth-order valence-corrected chi connectivity index (χ4v) is 3.09. The SMILES string of the molecule is COC(=O)c1c2ccc(C)c3c(c-2oc1=O)C(C)CC3. The largest absolute Gasteiger partial charge is 0.465 e. The van der Waals surface area contributed by atoms with Crippen LogP contribution in [0.3, 0.4) is 0 Å². The summed E-state index contributed by atoms with van der Waals surface area (Å²) in [6.45, 7) is 4.17. The van der Waals surface area contributed by atoms with Crippen molar-refractivity contribution in [3.05, 3.63) is 44.8 Å². The van der Waals surface area contributed by atoms with Gasteiger partial charge >= 0.3 is 11.6 Å². The second kappa shape index (κ2) is 4.47. The Morgan fingerprint density at radius 1 is 1.40 bits per heavy atom. The van der Waals surface area contributed by atoms with Gasteiger partial charge in [-0.3, -0.25) is 0 Å². The van der Waals surface area contributed by atoms with Gasteiger partial charge in [0.25, 0.3) is 0 Å². The Kier molecular flexibility index (Phi) is 2.89. The Labute approximate surface area is 116 Å². The minimum atomic E-state index is -0.642. The number of carbonyl (C=O) groups excluding carboxylic acids is 1. The summed E-state index contributed by atoms with van der Waals surface area (Å²) in [5.41, 5.74) is 3.41. The number of hydrogen-bond acceptors (Lipinski definition) is 4. The van der Waals surface area contributed by atoms with E-state index >= 15 is 0 Å². The van der Waals surface area contributed by atoms with E-state index in [1.54, 1.807) is 6.07 Å². The molecular formula is C16H16O4.